The van der Waals surface area contributed by atoms with Gasteiger partial charge in [0, 0.05) is 0 Å². The summed E-state index contributed by atoms with van der Waals surface area (Å²) in [5.41, 5.74) is 0.727. The molecule has 0 unspecified atom stereocenters. The Morgan fingerprint density at radius 2 is 1.96 bits per heavy atom. The zero-order chi connectivity index (χ0) is 17.7. The van der Waals surface area contributed by atoms with Crippen LogP contribution in [0.15, 0.2) is 35.7 Å². The van der Waals surface area contributed by atoms with E-state index in [-0.39, 0.29) is 18.4 Å². The van der Waals surface area contributed by atoms with E-state index in [1.807, 2.05) is 19.2 Å². The van der Waals surface area contributed by atoms with Crippen molar-refractivity contribution >= 4 is 46.4 Å². The lowest BCUT2D eigenvalue weighted by Crippen LogP contribution is -2.45. The lowest BCUT2D eigenvalue weighted by Gasteiger charge is -2.20. The van der Waals surface area contributed by atoms with Crippen LogP contribution in [0.3, 0.4) is 0 Å². The highest BCUT2D eigenvalue weighted by molar-refractivity contribution is 7.12. The summed E-state index contributed by atoms with van der Waals surface area (Å²) in [5.74, 6) is -0.869. The van der Waals surface area contributed by atoms with E-state index in [9.17, 15) is 9.59 Å². The van der Waals surface area contributed by atoms with E-state index in [4.69, 9.17) is 27.9 Å². The topological polar surface area (TPSA) is 55.4 Å². The van der Waals surface area contributed by atoms with Crippen molar-refractivity contribution in [2.75, 3.05) is 0 Å². The second kappa shape index (κ2) is 8.51. The Morgan fingerprint density at radius 1 is 1.21 bits per heavy atom. The van der Waals surface area contributed by atoms with Gasteiger partial charge in [-0.25, -0.2) is 4.79 Å². The first-order valence-corrected chi connectivity index (χ1v) is 8.97. The summed E-state index contributed by atoms with van der Waals surface area (Å²) in [6, 6.07) is 7.79. The number of thiophene rings is 1. The van der Waals surface area contributed by atoms with Gasteiger partial charge in [0.15, 0.2) is 0 Å². The van der Waals surface area contributed by atoms with Crippen LogP contribution in [0.1, 0.15) is 29.1 Å². The van der Waals surface area contributed by atoms with Crippen LogP contribution >= 0.6 is 34.5 Å². The summed E-state index contributed by atoms with van der Waals surface area (Å²) in [7, 11) is 0. The highest BCUT2D eigenvalue weighted by Crippen LogP contribution is 2.23. The van der Waals surface area contributed by atoms with E-state index in [0.29, 0.717) is 14.9 Å². The van der Waals surface area contributed by atoms with Gasteiger partial charge in [-0.3, -0.25) is 4.79 Å². The Bertz CT molecular complexity index is 717. The van der Waals surface area contributed by atoms with E-state index in [2.05, 4.69) is 5.32 Å². The molecule has 0 spiro atoms. The lowest BCUT2D eigenvalue weighted by atomic mass is 10.0. The van der Waals surface area contributed by atoms with Crippen LogP contribution in [0.5, 0.6) is 0 Å². The molecule has 1 aromatic heterocycles. The minimum Gasteiger partial charge on any atom is -0.459 e. The maximum absolute atomic E-state index is 12.3. The fourth-order valence-corrected chi connectivity index (χ4v) is 2.94. The molecule has 0 aliphatic carbocycles. The number of esters is 1. The van der Waals surface area contributed by atoms with Crippen molar-refractivity contribution in [2.24, 2.45) is 5.92 Å². The molecule has 0 saturated carbocycles. The molecule has 0 saturated heterocycles. The quantitative estimate of drug-likeness (QED) is 0.741. The first kappa shape index (κ1) is 18.8. The van der Waals surface area contributed by atoms with Crippen LogP contribution in [0.4, 0.5) is 0 Å². The van der Waals surface area contributed by atoms with Crippen molar-refractivity contribution in [3.8, 4) is 0 Å². The summed E-state index contributed by atoms with van der Waals surface area (Å²) in [4.78, 5) is 25.0. The number of nitrogens with one attached hydrogen (secondary N) is 1. The third kappa shape index (κ3) is 4.97. The summed E-state index contributed by atoms with van der Waals surface area (Å²) in [6.45, 7) is 3.76. The number of hydrogen-bond acceptors (Lipinski definition) is 4. The van der Waals surface area contributed by atoms with Gasteiger partial charge < -0.3 is 10.1 Å². The molecule has 0 aliphatic rings. The van der Waals surface area contributed by atoms with Crippen molar-refractivity contribution in [3.05, 3.63) is 56.2 Å². The number of ether oxygens (including phenoxy) is 1. The first-order valence-electron chi connectivity index (χ1n) is 7.33. The van der Waals surface area contributed by atoms with Gasteiger partial charge in [-0.1, -0.05) is 49.2 Å². The molecule has 2 rings (SSSR count). The average Bonchev–Trinajstić information content (AvgIpc) is 3.07. The van der Waals surface area contributed by atoms with E-state index < -0.39 is 12.0 Å². The van der Waals surface area contributed by atoms with E-state index in [1.165, 1.54) is 11.3 Å². The second-order valence-electron chi connectivity index (χ2n) is 5.53. The van der Waals surface area contributed by atoms with Crippen molar-refractivity contribution in [1.82, 2.24) is 5.32 Å². The van der Waals surface area contributed by atoms with Crippen molar-refractivity contribution in [2.45, 2.75) is 26.5 Å². The third-order valence-corrected chi connectivity index (χ3v) is 4.92. The highest BCUT2D eigenvalue weighted by atomic mass is 35.5. The SMILES string of the molecule is CC(C)[C@H](NC(=O)c1cccs1)C(=O)OCc1ccc(Cl)c(Cl)c1. The minimum absolute atomic E-state index is 0.0633. The summed E-state index contributed by atoms with van der Waals surface area (Å²) >= 11 is 13.1. The fraction of sp³-hybridized carbons (Fsp3) is 0.294. The van der Waals surface area contributed by atoms with Crippen LogP contribution in [-0.2, 0) is 16.1 Å². The Labute approximate surface area is 154 Å². The zero-order valence-corrected chi connectivity index (χ0v) is 15.5. The first-order chi connectivity index (χ1) is 11.4. The smallest absolute Gasteiger partial charge is 0.329 e. The number of hydrogen-bond donors (Lipinski definition) is 1. The number of benzene rings is 1. The minimum atomic E-state index is -0.720. The molecular formula is C17H17Cl2NO3S. The van der Waals surface area contributed by atoms with Crippen molar-refractivity contribution in [1.29, 1.82) is 0 Å². The van der Waals surface area contributed by atoms with Gasteiger partial charge in [0.2, 0.25) is 0 Å². The maximum atomic E-state index is 12.3. The zero-order valence-electron chi connectivity index (χ0n) is 13.2. The van der Waals surface area contributed by atoms with Gasteiger partial charge in [0.1, 0.15) is 12.6 Å². The Hall–Kier alpha value is -1.56. The molecule has 1 aromatic carbocycles. The lowest BCUT2D eigenvalue weighted by molar-refractivity contribution is -0.148. The summed E-state index contributed by atoms with van der Waals surface area (Å²) in [6.07, 6.45) is 0. The molecular weight excluding hydrogens is 369 g/mol. The number of carbonyl (C=O) groups excluding carboxylic acids is 2. The van der Waals surface area contributed by atoms with Crippen molar-refractivity contribution in [3.63, 3.8) is 0 Å². The summed E-state index contributed by atoms with van der Waals surface area (Å²) < 4.78 is 5.31. The molecule has 24 heavy (non-hydrogen) atoms. The Morgan fingerprint density at radius 3 is 2.54 bits per heavy atom. The van der Waals surface area contributed by atoms with E-state index in [1.54, 1.807) is 30.3 Å². The predicted molar refractivity (Wildman–Crippen MR) is 96.7 cm³/mol. The second-order valence-corrected chi connectivity index (χ2v) is 7.29. The Kier molecular flexibility index (Phi) is 6.66. The number of halogens is 2. The fourth-order valence-electron chi connectivity index (χ4n) is 1.99. The van der Waals surface area contributed by atoms with Gasteiger partial charge >= 0.3 is 5.97 Å². The van der Waals surface area contributed by atoms with Gasteiger partial charge in [-0.15, -0.1) is 11.3 Å². The summed E-state index contributed by atoms with van der Waals surface area (Å²) in [5, 5.41) is 5.37. The monoisotopic (exact) mass is 385 g/mol. The van der Waals surface area contributed by atoms with Crippen molar-refractivity contribution < 1.29 is 14.3 Å². The molecule has 1 N–H and O–H groups in total. The van der Waals surface area contributed by atoms with Gasteiger partial charge in [-0.2, -0.15) is 0 Å². The third-order valence-electron chi connectivity index (χ3n) is 3.32. The van der Waals surface area contributed by atoms with Crippen LogP contribution in [0.2, 0.25) is 10.0 Å². The number of amides is 1. The molecule has 0 bridgehead atoms. The van der Waals surface area contributed by atoms with Crippen LogP contribution in [-0.4, -0.2) is 17.9 Å². The molecule has 4 nitrogen and oxygen atoms in total. The van der Waals surface area contributed by atoms with Crippen LogP contribution in [0, 0.1) is 5.92 Å². The molecule has 2 aromatic rings. The van der Waals surface area contributed by atoms with Gasteiger partial charge in [-0.05, 0) is 35.1 Å². The molecule has 0 radical (unpaired) electrons. The number of carbonyl (C=O) groups is 2. The van der Waals surface area contributed by atoms with Crippen LogP contribution in [0.25, 0.3) is 0 Å². The van der Waals surface area contributed by atoms with E-state index in [0.717, 1.165) is 5.56 Å². The molecule has 7 heteroatoms. The molecule has 0 fully saturated rings. The highest BCUT2D eigenvalue weighted by Gasteiger charge is 2.26. The maximum Gasteiger partial charge on any atom is 0.329 e. The molecule has 1 heterocycles. The van der Waals surface area contributed by atoms with Crippen LogP contribution < -0.4 is 5.32 Å². The number of rotatable bonds is 6. The Balaban J connectivity index is 1.98. The molecule has 128 valence electrons. The largest absolute Gasteiger partial charge is 0.459 e. The standard InChI is InChI=1S/C17H17Cl2NO3S/c1-10(2)15(20-16(21)14-4-3-7-24-14)17(22)23-9-11-5-6-12(18)13(19)8-11/h3-8,10,15H,9H2,1-2H3,(H,20,21)/t15-/m0/s1. The molecule has 1 amide bonds. The predicted octanol–water partition coefficient (Wildman–Crippen LogP) is 4.55. The molecule has 0 aliphatic heterocycles. The van der Waals surface area contributed by atoms with E-state index >= 15 is 0 Å². The average molecular weight is 386 g/mol. The normalized spacial score (nSPS) is 12.0. The molecule has 1 atom stereocenters. The van der Waals surface area contributed by atoms with Gasteiger partial charge in [0.05, 0.1) is 14.9 Å². The van der Waals surface area contributed by atoms with Gasteiger partial charge in [0.25, 0.3) is 5.91 Å².